The van der Waals surface area contributed by atoms with Gasteiger partial charge in [0.1, 0.15) is 0 Å². The van der Waals surface area contributed by atoms with Gasteiger partial charge in [-0.1, -0.05) is 35.9 Å². The molecule has 0 amide bonds. The van der Waals surface area contributed by atoms with Gasteiger partial charge in [0.2, 0.25) is 5.69 Å². The van der Waals surface area contributed by atoms with Crippen molar-refractivity contribution in [1.29, 1.82) is 0 Å². The second kappa shape index (κ2) is 5.02. The van der Waals surface area contributed by atoms with Crippen LogP contribution in [0.5, 0.6) is 0 Å². The van der Waals surface area contributed by atoms with E-state index < -0.39 is 0 Å². The zero-order chi connectivity index (χ0) is 12.3. The van der Waals surface area contributed by atoms with Crippen molar-refractivity contribution >= 4 is 23.5 Å². The molecule has 0 saturated carbocycles. The SMILES string of the molecule is Cc1ccc(C=[N+]([O-])c2ccccc2)c(Cl)c1. The Balaban J connectivity index is 2.36. The molecule has 0 unspecified atom stereocenters. The van der Waals surface area contributed by atoms with Gasteiger partial charge in [0.25, 0.3) is 0 Å². The van der Waals surface area contributed by atoms with E-state index in [0.717, 1.165) is 15.9 Å². The van der Waals surface area contributed by atoms with E-state index in [4.69, 9.17) is 11.6 Å². The van der Waals surface area contributed by atoms with E-state index in [1.165, 1.54) is 6.21 Å². The molecule has 0 heterocycles. The number of para-hydroxylation sites is 1. The Kier molecular flexibility index (Phi) is 3.45. The molecule has 0 aromatic heterocycles. The topological polar surface area (TPSA) is 26.1 Å². The number of benzene rings is 2. The first kappa shape index (κ1) is 11.7. The molecular formula is C14H12ClNO. The van der Waals surface area contributed by atoms with Gasteiger partial charge in [0.05, 0.1) is 10.6 Å². The molecule has 2 rings (SSSR count). The van der Waals surface area contributed by atoms with Gasteiger partial charge in [-0.3, -0.25) is 0 Å². The van der Waals surface area contributed by atoms with Crippen LogP contribution in [0.25, 0.3) is 0 Å². The highest BCUT2D eigenvalue weighted by Gasteiger charge is 2.04. The van der Waals surface area contributed by atoms with E-state index in [-0.39, 0.29) is 0 Å². The number of hydrogen-bond acceptors (Lipinski definition) is 1. The Bertz CT molecular complexity index is 549. The molecule has 0 saturated heterocycles. The van der Waals surface area contributed by atoms with E-state index in [9.17, 15) is 5.21 Å². The standard InChI is InChI=1S/C14H12ClNO/c1-11-7-8-12(14(15)9-11)10-16(17)13-5-3-2-4-6-13/h2-10H,1H3. The average molecular weight is 246 g/mol. The maximum atomic E-state index is 11.9. The third-order valence-electron chi connectivity index (χ3n) is 2.42. The third kappa shape index (κ3) is 2.86. The summed E-state index contributed by atoms with van der Waals surface area (Å²) in [7, 11) is 0. The lowest BCUT2D eigenvalue weighted by Gasteiger charge is -2.03. The van der Waals surface area contributed by atoms with E-state index >= 15 is 0 Å². The molecular weight excluding hydrogens is 234 g/mol. The zero-order valence-corrected chi connectivity index (χ0v) is 10.2. The van der Waals surface area contributed by atoms with Gasteiger partial charge in [-0.25, -0.2) is 0 Å². The second-order valence-corrected chi connectivity index (χ2v) is 4.22. The molecule has 0 atom stereocenters. The first-order valence-electron chi connectivity index (χ1n) is 5.29. The van der Waals surface area contributed by atoms with Crippen molar-refractivity contribution in [2.75, 3.05) is 0 Å². The minimum Gasteiger partial charge on any atom is -0.618 e. The van der Waals surface area contributed by atoms with Gasteiger partial charge >= 0.3 is 0 Å². The quantitative estimate of drug-likeness (QED) is 0.341. The van der Waals surface area contributed by atoms with Crippen LogP contribution in [0.4, 0.5) is 5.69 Å². The van der Waals surface area contributed by atoms with Crippen LogP contribution in [0.2, 0.25) is 5.02 Å². The Morgan fingerprint density at radius 2 is 1.82 bits per heavy atom. The molecule has 0 aliphatic rings. The van der Waals surface area contributed by atoms with E-state index in [1.54, 1.807) is 12.1 Å². The lowest BCUT2D eigenvalue weighted by atomic mass is 10.2. The Morgan fingerprint density at radius 3 is 2.47 bits per heavy atom. The molecule has 17 heavy (non-hydrogen) atoms. The summed E-state index contributed by atoms with van der Waals surface area (Å²) in [5.41, 5.74) is 2.38. The molecule has 0 N–H and O–H groups in total. The number of nitrogens with zero attached hydrogens (tertiary/aromatic N) is 1. The smallest absolute Gasteiger partial charge is 0.216 e. The fourth-order valence-corrected chi connectivity index (χ4v) is 1.80. The summed E-state index contributed by atoms with van der Waals surface area (Å²) < 4.78 is 0.816. The number of hydrogen-bond donors (Lipinski definition) is 0. The lowest BCUT2D eigenvalue weighted by Crippen LogP contribution is -1.99. The monoisotopic (exact) mass is 245 g/mol. The molecule has 0 aliphatic carbocycles. The molecule has 0 bridgehead atoms. The summed E-state index contributed by atoms with van der Waals surface area (Å²) in [5, 5.41) is 12.4. The van der Waals surface area contributed by atoms with Gasteiger partial charge in [-0.05, 0) is 24.6 Å². The van der Waals surface area contributed by atoms with Crippen LogP contribution in [0, 0.1) is 12.1 Å². The summed E-state index contributed by atoms with van der Waals surface area (Å²) in [6.45, 7) is 1.96. The minimum absolute atomic E-state index is 0.585. The first-order valence-corrected chi connectivity index (χ1v) is 5.67. The predicted octanol–water partition coefficient (Wildman–Crippen LogP) is 3.91. The number of halogens is 1. The van der Waals surface area contributed by atoms with Crippen LogP contribution in [-0.4, -0.2) is 11.0 Å². The first-order chi connectivity index (χ1) is 8.16. The molecule has 2 nitrogen and oxygen atoms in total. The third-order valence-corrected chi connectivity index (χ3v) is 2.75. The molecule has 3 heteroatoms. The van der Waals surface area contributed by atoms with Gasteiger partial charge in [0.15, 0.2) is 6.21 Å². The van der Waals surface area contributed by atoms with Crippen molar-refractivity contribution in [1.82, 2.24) is 0 Å². The molecule has 86 valence electrons. The van der Waals surface area contributed by atoms with Crippen LogP contribution in [-0.2, 0) is 0 Å². The van der Waals surface area contributed by atoms with E-state index in [0.29, 0.717) is 10.7 Å². The number of rotatable bonds is 2. The maximum absolute atomic E-state index is 11.9. The van der Waals surface area contributed by atoms with Crippen molar-refractivity contribution in [3.8, 4) is 0 Å². The molecule has 0 spiro atoms. The van der Waals surface area contributed by atoms with Crippen LogP contribution in [0.15, 0.2) is 48.5 Å². The van der Waals surface area contributed by atoms with Crippen molar-refractivity contribution in [2.24, 2.45) is 0 Å². The normalized spacial score (nSPS) is 11.5. The largest absolute Gasteiger partial charge is 0.618 e. The van der Waals surface area contributed by atoms with E-state index in [1.807, 2.05) is 43.3 Å². The van der Waals surface area contributed by atoms with Crippen molar-refractivity contribution in [3.05, 3.63) is 69.9 Å². The summed E-state index contributed by atoms with van der Waals surface area (Å²) >= 11 is 6.06. The highest BCUT2D eigenvalue weighted by atomic mass is 35.5. The Labute approximate surface area is 105 Å². The molecule has 0 fully saturated rings. The highest BCUT2D eigenvalue weighted by molar-refractivity contribution is 6.33. The Hall–Kier alpha value is -1.80. The number of aryl methyl sites for hydroxylation is 1. The lowest BCUT2D eigenvalue weighted by molar-refractivity contribution is -0.354. The Morgan fingerprint density at radius 1 is 1.12 bits per heavy atom. The maximum Gasteiger partial charge on any atom is 0.216 e. The van der Waals surface area contributed by atoms with Gasteiger partial charge in [-0.15, -0.1) is 0 Å². The summed E-state index contributed by atoms with van der Waals surface area (Å²) in [4.78, 5) is 0. The van der Waals surface area contributed by atoms with Gasteiger partial charge < -0.3 is 5.21 Å². The zero-order valence-electron chi connectivity index (χ0n) is 9.43. The van der Waals surface area contributed by atoms with Crippen LogP contribution >= 0.6 is 11.6 Å². The fourth-order valence-electron chi connectivity index (χ4n) is 1.51. The van der Waals surface area contributed by atoms with Crippen LogP contribution in [0.1, 0.15) is 11.1 Å². The van der Waals surface area contributed by atoms with Crippen LogP contribution < -0.4 is 0 Å². The van der Waals surface area contributed by atoms with Crippen molar-refractivity contribution < 1.29 is 4.74 Å². The summed E-state index contributed by atoms with van der Waals surface area (Å²) in [5.74, 6) is 0. The summed E-state index contributed by atoms with van der Waals surface area (Å²) in [6, 6.07) is 14.6. The molecule has 2 aromatic carbocycles. The van der Waals surface area contributed by atoms with E-state index in [2.05, 4.69) is 0 Å². The minimum atomic E-state index is 0.585. The van der Waals surface area contributed by atoms with Crippen molar-refractivity contribution in [3.63, 3.8) is 0 Å². The predicted molar refractivity (Wildman–Crippen MR) is 71.1 cm³/mol. The molecule has 0 radical (unpaired) electrons. The summed E-state index contributed by atoms with van der Waals surface area (Å²) in [6.07, 6.45) is 1.48. The fraction of sp³-hybridized carbons (Fsp3) is 0.0714. The molecule has 0 aliphatic heterocycles. The van der Waals surface area contributed by atoms with Crippen LogP contribution in [0.3, 0.4) is 0 Å². The van der Waals surface area contributed by atoms with Crippen molar-refractivity contribution in [2.45, 2.75) is 6.92 Å². The average Bonchev–Trinajstić information content (AvgIpc) is 2.34. The van der Waals surface area contributed by atoms with Gasteiger partial charge in [-0.2, -0.15) is 4.74 Å². The van der Waals surface area contributed by atoms with Gasteiger partial charge in [0, 0.05) is 12.1 Å². The second-order valence-electron chi connectivity index (χ2n) is 3.82. The molecule has 2 aromatic rings. The highest BCUT2D eigenvalue weighted by Crippen LogP contribution is 2.17.